The average Bonchev–Trinajstić information content (AvgIpc) is 2.31. The lowest BCUT2D eigenvalue weighted by molar-refractivity contribution is 0.0523. The lowest BCUT2D eigenvalue weighted by atomic mass is 10.3. The highest BCUT2D eigenvalue weighted by Gasteiger charge is 2.11. The van der Waals surface area contributed by atoms with Crippen molar-refractivity contribution in [1.29, 1.82) is 0 Å². The first-order valence-electron chi connectivity index (χ1n) is 4.99. The van der Waals surface area contributed by atoms with Crippen LogP contribution in [0.2, 0.25) is 0 Å². The van der Waals surface area contributed by atoms with Crippen molar-refractivity contribution >= 4 is 17.7 Å². The van der Waals surface area contributed by atoms with Crippen molar-refractivity contribution in [3.8, 4) is 0 Å². The zero-order valence-corrected chi connectivity index (χ0v) is 10.7. The fourth-order valence-corrected chi connectivity index (χ4v) is 1.19. The smallest absolute Gasteiger partial charge is 0.345 e. The van der Waals surface area contributed by atoms with Crippen LogP contribution in [-0.2, 0) is 4.74 Å². The Kier molecular flexibility index (Phi) is 7.28. The number of rotatable bonds is 3. The number of hydrogen-bond donors (Lipinski definition) is 1. The highest BCUT2D eigenvalue weighted by Crippen LogP contribution is 2.04. The fourth-order valence-electron chi connectivity index (χ4n) is 0.837. The number of nitrogens with zero attached hydrogens (tertiary/aromatic N) is 1. The van der Waals surface area contributed by atoms with Crippen molar-refractivity contribution in [2.75, 3.05) is 12.9 Å². The second-order valence-electron chi connectivity index (χ2n) is 2.36. The third kappa shape index (κ3) is 4.06. The van der Waals surface area contributed by atoms with Gasteiger partial charge in [-0.15, -0.1) is 0 Å². The van der Waals surface area contributed by atoms with Crippen molar-refractivity contribution in [2.45, 2.75) is 25.9 Å². The van der Waals surface area contributed by atoms with Crippen molar-refractivity contribution in [2.24, 2.45) is 0 Å². The Morgan fingerprint density at radius 1 is 1.56 bits per heavy atom. The molecule has 0 amide bonds. The van der Waals surface area contributed by atoms with E-state index >= 15 is 0 Å². The van der Waals surface area contributed by atoms with Gasteiger partial charge in [0.1, 0.15) is 5.56 Å². The highest BCUT2D eigenvalue weighted by atomic mass is 32.2. The monoisotopic (exact) mass is 244 g/mol. The minimum atomic E-state index is -0.645. The first-order chi connectivity index (χ1) is 7.69. The zero-order valence-electron chi connectivity index (χ0n) is 9.86. The van der Waals surface area contributed by atoms with Gasteiger partial charge in [0.05, 0.1) is 6.61 Å². The molecular weight excluding hydrogens is 228 g/mol. The van der Waals surface area contributed by atoms with Crippen LogP contribution in [-0.4, -0.2) is 28.8 Å². The van der Waals surface area contributed by atoms with Gasteiger partial charge in [-0.05, 0) is 13.2 Å². The van der Waals surface area contributed by atoms with E-state index in [4.69, 9.17) is 0 Å². The Morgan fingerprint density at radius 2 is 2.19 bits per heavy atom. The van der Waals surface area contributed by atoms with Crippen LogP contribution >= 0.6 is 11.8 Å². The van der Waals surface area contributed by atoms with E-state index in [0.717, 1.165) is 0 Å². The van der Waals surface area contributed by atoms with Crippen LogP contribution in [0.15, 0.2) is 16.1 Å². The van der Waals surface area contributed by atoms with Gasteiger partial charge < -0.3 is 9.72 Å². The summed E-state index contributed by atoms with van der Waals surface area (Å²) in [6, 6.07) is 0. The largest absolute Gasteiger partial charge is 0.462 e. The normalized spacial score (nSPS) is 9.00. The Morgan fingerprint density at radius 3 is 2.62 bits per heavy atom. The molecule has 1 aromatic rings. The summed E-state index contributed by atoms with van der Waals surface area (Å²) in [5.74, 6) is -0.645. The van der Waals surface area contributed by atoms with Crippen LogP contribution in [0.3, 0.4) is 0 Å². The SMILES string of the molecule is CC.CCOC(=O)c1cnc(SC)[nH]c1=O. The van der Waals surface area contributed by atoms with Crippen molar-refractivity contribution in [3.05, 3.63) is 22.1 Å². The molecule has 0 unspecified atom stereocenters. The molecule has 5 nitrogen and oxygen atoms in total. The molecule has 1 aromatic heterocycles. The van der Waals surface area contributed by atoms with Crippen LogP contribution in [0, 0.1) is 0 Å². The Labute approximate surface area is 98.6 Å². The summed E-state index contributed by atoms with van der Waals surface area (Å²) >= 11 is 1.30. The second-order valence-corrected chi connectivity index (χ2v) is 3.15. The summed E-state index contributed by atoms with van der Waals surface area (Å²) in [5, 5.41) is 0.475. The lowest BCUT2D eigenvalue weighted by Gasteiger charge is -2.00. The molecule has 0 spiro atoms. The van der Waals surface area contributed by atoms with E-state index in [1.54, 1.807) is 13.2 Å². The maximum atomic E-state index is 11.3. The van der Waals surface area contributed by atoms with Gasteiger partial charge in [0.25, 0.3) is 5.56 Å². The lowest BCUT2D eigenvalue weighted by Crippen LogP contribution is -2.20. The third-order valence-corrected chi connectivity index (χ3v) is 2.06. The summed E-state index contributed by atoms with van der Waals surface area (Å²) in [6.45, 7) is 5.92. The van der Waals surface area contributed by atoms with Crippen molar-refractivity contribution in [3.63, 3.8) is 0 Å². The van der Waals surface area contributed by atoms with Gasteiger partial charge in [-0.1, -0.05) is 25.6 Å². The molecule has 16 heavy (non-hydrogen) atoms. The van der Waals surface area contributed by atoms with E-state index in [1.165, 1.54) is 18.0 Å². The molecule has 6 heteroatoms. The predicted octanol–water partition coefficient (Wildman–Crippen LogP) is 1.69. The molecule has 0 fully saturated rings. The van der Waals surface area contributed by atoms with Crippen molar-refractivity contribution in [1.82, 2.24) is 9.97 Å². The van der Waals surface area contributed by atoms with E-state index < -0.39 is 11.5 Å². The third-order valence-electron chi connectivity index (χ3n) is 1.46. The standard InChI is InChI=1S/C8H10N2O3S.C2H6/c1-3-13-7(12)5-4-9-8(14-2)10-6(5)11;1-2/h4H,3H2,1-2H3,(H,9,10,11);1-2H3. The summed E-state index contributed by atoms with van der Waals surface area (Å²) < 4.78 is 4.68. The van der Waals surface area contributed by atoms with Crippen LogP contribution in [0.5, 0.6) is 0 Å². The number of aromatic nitrogens is 2. The molecule has 0 bridgehead atoms. The number of carbonyl (C=O) groups is 1. The molecule has 1 rings (SSSR count). The first-order valence-corrected chi connectivity index (χ1v) is 6.22. The van der Waals surface area contributed by atoms with Crippen LogP contribution in [0.1, 0.15) is 31.1 Å². The Balaban J connectivity index is 0.00000106. The Hall–Kier alpha value is -1.30. The molecule has 1 heterocycles. The molecule has 0 radical (unpaired) electrons. The molecule has 0 aromatic carbocycles. The number of ether oxygens (including phenoxy) is 1. The maximum Gasteiger partial charge on any atom is 0.345 e. The number of H-pyrrole nitrogens is 1. The van der Waals surface area contributed by atoms with Gasteiger partial charge in [0.2, 0.25) is 0 Å². The van der Waals surface area contributed by atoms with E-state index in [9.17, 15) is 9.59 Å². The molecule has 0 saturated heterocycles. The van der Waals surface area contributed by atoms with Gasteiger partial charge in [0, 0.05) is 6.20 Å². The molecule has 1 N–H and O–H groups in total. The molecule has 0 saturated carbocycles. The van der Waals surface area contributed by atoms with Gasteiger partial charge in [0.15, 0.2) is 5.16 Å². The molecule has 0 atom stereocenters. The molecular formula is C10H16N2O3S. The summed E-state index contributed by atoms with van der Waals surface area (Å²) in [4.78, 5) is 28.8. The van der Waals surface area contributed by atoms with E-state index in [1.807, 2.05) is 13.8 Å². The van der Waals surface area contributed by atoms with Gasteiger partial charge in [-0.2, -0.15) is 0 Å². The number of esters is 1. The minimum Gasteiger partial charge on any atom is -0.462 e. The number of carbonyl (C=O) groups excluding carboxylic acids is 1. The fraction of sp³-hybridized carbons (Fsp3) is 0.500. The van der Waals surface area contributed by atoms with Gasteiger partial charge in [-0.3, -0.25) is 4.79 Å². The zero-order chi connectivity index (χ0) is 12.6. The topological polar surface area (TPSA) is 72.0 Å². The highest BCUT2D eigenvalue weighted by molar-refractivity contribution is 7.98. The number of hydrogen-bond acceptors (Lipinski definition) is 5. The van der Waals surface area contributed by atoms with E-state index in [0.29, 0.717) is 5.16 Å². The first kappa shape index (κ1) is 14.7. The molecule has 0 aliphatic carbocycles. The number of aromatic amines is 1. The minimum absolute atomic E-state index is 0.0651. The van der Waals surface area contributed by atoms with E-state index in [-0.39, 0.29) is 12.2 Å². The maximum absolute atomic E-state index is 11.3. The van der Waals surface area contributed by atoms with Gasteiger partial charge >= 0.3 is 5.97 Å². The number of nitrogens with one attached hydrogen (secondary N) is 1. The number of thioether (sulfide) groups is 1. The summed E-state index contributed by atoms with van der Waals surface area (Å²) in [6.07, 6.45) is 3.00. The summed E-state index contributed by atoms with van der Waals surface area (Å²) in [5.41, 5.74) is -0.535. The second kappa shape index (κ2) is 7.92. The average molecular weight is 244 g/mol. The molecule has 90 valence electrons. The van der Waals surface area contributed by atoms with Gasteiger partial charge in [-0.25, -0.2) is 9.78 Å². The van der Waals surface area contributed by atoms with Crippen LogP contribution < -0.4 is 5.56 Å². The summed E-state index contributed by atoms with van der Waals surface area (Å²) in [7, 11) is 0. The van der Waals surface area contributed by atoms with Crippen LogP contribution in [0.25, 0.3) is 0 Å². The van der Waals surface area contributed by atoms with E-state index in [2.05, 4.69) is 14.7 Å². The molecule has 0 aliphatic heterocycles. The molecule has 0 aliphatic rings. The van der Waals surface area contributed by atoms with Crippen molar-refractivity contribution < 1.29 is 9.53 Å². The van der Waals surface area contributed by atoms with Crippen LogP contribution in [0.4, 0.5) is 0 Å². The Bertz CT molecular complexity index is 390. The predicted molar refractivity (Wildman–Crippen MR) is 63.9 cm³/mol. The quantitative estimate of drug-likeness (QED) is 0.497.